The molecule has 1 aliphatic heterocycles. The Hall–Kier alpha value is -1.40. The molecule has 110 valence electrons. The molecule has 1 fully saturated rings. The molecule has 0 radical (unpaired) electrons. The van der Waals surface area contributed by atoms with Crippen LogP contribution in [0.3, 0.4) is 0 Å². The number of hydrogen-bond acceptors (Lipinski definition) is 5. The van der Waals surface area contributed by atoms with Gasteiger partial charge >= 0.3 is 0 Å². The summed E-state index contributed by atoms with van der Waals surface area (Å²) in [7, 11) is 0. The number of hydrogen-bond donors (Lipinski definition) is 1. The number of amides is 1. The molecule has 6 nitrogen and oxygen atoms in total. The van der Waals surface area contributed by atoms with Crippen LogP contribution in [0.4, 0.5) is 5.82 Å². The van der Waals surface area contributed by atoms with Gasteiger partial charge in [-0.25, -0.2) is 9.97 Å². The highest BCUT2D eigenvalue weighted by molar-refractivity contribution is 6.28. The number of nitrogens with zero attached hydrogens (tertiary/aromatic N) is 3. The molecule has 2 rings (SSSR count). The normalized spacial score (nSPS) is 20.0. The minimum Gasteiger partial charge on any atom is -0.377 e. The van der Waals surface area contributed by atoms with Crippen molar-refractivity contribution in [3.8, 4) is 0 Å². The molecular weight excluding hydrogens is 280 g/mol. The van der Waals surface area contributed by atoms with E-state index in [1.165, 1.54) is 0 Å². The number of aromatic nitrogens is 2. The maximum Gasteiger partial charge on any atom is 0.229 e. The zero-order valence-corrected chi connectivity index (χ0v) is 12.6. The number of anilines is 1. The predicted molar refractivity (Wildman–Crippen MR) is 76.9 cm³/mol. The lowest BCUT2D eigenvalue weighted by atomic mass is 9.88. The SMILES string of the molecule is C[C@@H]1COCCN1c1cc(C(C)(C)C(N)=O)nc(Cl)n1. The molecule has 0 saturated carbocycles. The molecule has 2 N–H and O–H groups in total. The molecule has 1 atom stereocenters. The third-order valence-corrected chi connectivity index (χ3v) is 3.77. The molecule has 1 aliphatic rings. The molecular formula is C13H19ClN4O2. The first kappa shape index (κ1) is 15.0. The average molecular weight is 299 g/mol. The minimum absolute atomic E-state index is 0.116. The number of ether oxygens (including phenoxy) is 1. The van der Waals surface area contributed by atoms with E-state index >= 15 is 0 Å². The fourth-order valence-electron chi connectivity index (χ4n) is 2.07. The summed E-state index contributed by atoms with van der Waals surface area (Å²) in [5.74, 6) is 0.248. The summed E-state index contributed by atoms with van der Waals surface area (Å²) >= 11 is 6.00. The van der Waals surface area contributed by atoms with Gasteiger partial charge in [-0.1, -0.05) is 0 Å². The van der Waals surface area contributed by atoms with E-state index in [1.54, 1.807) is 19.9 Å². The molecule has 7 heteroatoms. The van der Waals surface area contributed by atoms with E-state index in [4.69, 9.17) is 22.1 Å². The van der Waals surface area contributed by atoms with Gasteiger partial charge in [0.15, 0.2) is 0 Å². The molecule has 0 unspecified atom stereocenters. The quantitative estimate of drug-likeness (QED) is 0.846. The standard InChI is InChI=1S/C13H19ClN4O2/c1-8-7-20-5-4-18(8)10-6-9(16-12(14)17-10)13(2,3)11(15)19/h6,8H,4-5,7H2,1-3H3,(H2,15,19)/t8-/m1/s1. The van der Waals surface area contributed by atoms with Crippen LogP contribution in [0.5, 0.6) is 0 Å². The van der Waals surface area contributed by atoms with E-state index < -0.39 is 11.3 Å². The first-order chi connectivity index (χ1) is 9.32. The molecule has 1 aromatic heterocycles. The maximum absolute atomic E-state index is 11.6. The number of primary amides is 1. The second kappa shape index (κ2) is 5.54. The van der Waals surface area contributed by atoms with Crippen LogP contribution < -0.4 is 10.6 Å². The molecule has 1 saturated heterocycles. The second-order valence-electron chi connectivity index (χ2n) is 5.49. The second-order valence-corrected chi connectivity index (χ2v) is 5.83. The first-order valence-corrected chi connectivity index (χ1v) is 6.89. The lowest BCUT2D eigenvalue weighted by Crippen LogP contribution is -2.44. The van der Waals surface area contributed by atoms with Gasteiger partial charge in [-0.2, -0.15) is 0 Å². The van der Waals surface area contributed by atoms with Gasteiger partial charge in [-0.05, 0) is 32.4 Å². The third-order valence-electron chi connectivity index (χ3n) is 3.60. The van der Waals surface area contributed by atoms with Crippen LogP contribution in [-0.4, -0.2) is 41.7 Å². The van der Waals surface area contributed by atoms with Crippen molar-refractivity contribution in [3.63, 3.8) is 0 Å². The Morgan fingerprint density at radius 2 is 2.25 bits per heavy atom. The van der Waals surface area contributed by atoms with Gasteiger partial charge in [0.1, 0.15) is 5.82 Å². The number of carbonyl (C=O) groups is 1. The highest BCUT2D eigenvalue weighted by Gasteiger charge is 2.31. The third kappa shape index (κ3) is 2.86. The van der Waals surface area contributed by atoms with Gasteiger partial charge in [0.2, 0.25) is 11.2 Å². The Morgan fingerprint density at radius 1 is 1.55 bits per heavy atom. The molecule has 2 heterocycles. The van der Waals surface area contributed by atoms with Gasteiger partial charge in [-0.3, -0.25) is 4.79 Å². The Morgan fingerprint density at radius 3 is 2.85 bits per heavy atom. The maximum atomic E-state index is 11.6. The van der Waals surface area contributed by atoms with Crippen LogP contribution in [0.1, 0.15) is 26.5 Å². The van der Waals surface area contributed by atoms with Crippen LogP contribution in [0.25, 0.3) is 0 Å². The molecule has 1 aromatic rings. The summed E-state index contributed by atoms with van der Waals surface area (Å²) in [6, 6.07) is 1.97. The van der Waals surface area contributed by atoms with Crippen LogP contribution in [-0.2, 0) is 14.9 Å². The predicted octanol–water partition coefficient (Wildman–Crippen LogP) is 1.12. The summed E-state index contributed by atoms with van der Waals surface area (Å²) in [5.41, 5.74) is 5.07. The van der Waals surface area contributed by atoms with E-state index in [-0.39, 0.29) is 11.3 Å². The zero-order valence-electron chi connectivity index (χ0n) is 11.9. The molecule has 0 aliphatic carbocycles. The van der Waals surface area contributed by atoms with Crippen LogP contribution in [0.2, 0.25) is 5.28 Å². The van der Waals surface area contributed by atoms with Crippen molar-refractivity contribution in [2.75, 3.05) is 24.7 Å². The van der Waals surface area contributed by atoms with E-state index in [0.717, 1.165) is 6.54 Å². The molecule has 0 bridgehead atoms. The smallest absolute Gasteiger partial charge is 0.229 e. The monoisotopic (exact) mass is 298 g/mol. The molecule has 0 aromatic carbocycles. The topological polar surface area (TPSA) is 81.3 Å². The zero-order chi connectivity index (χ0) is 14.9. The van der Waals surface area contributed by atoms with Crippen molar-refractivity contribution in [2.45, 2.75) is 32.2 Å². The van der Waals surface area contributed by atoms with Gasteiger partial charge in [0, 0.05) is 12.6 Å². The lowest BCUT2D eigenvalue weighted by Gasteiger charge is -2.34. The molecule has 20 heavy (non-hydrogen) atoms. The van der Waals surface area contributed by atoms with E-state index in [2.05, 4.69) is 14.9 Å². The van der Waals surface area contributed by atoms with E-state index in [9.17, 15) is 4.79 Å². The van der Waals surface area contributed by atoms with Crippen molar-refractivity contribution in [3.05, 3.63) is 17.0 Å². The fraction of sp³-hybridized carbons (Fsp3) is 0.615. The van der Waals surface area contributed by atoms with Gasteiger partial charge < -0.3 is 15.4 Å². The Labute approximate surface area is 123 Å². The van der Waals surface area contributed by atoms with Crippen molar-refractivity contribution < 1.29 is 9.53 Å². The largest absolute Gasteiger partial charge is 0.377 e. The Balaban J connectivity index is 2.41. The number of nitrogens with two attached hydrogens (primary N) is 1. The van der Waals surface area contributed by atoms with E-state index in [0.29, 0.717) is 24.7 Å². The Kier molecular flexibility index (Phi) is 4.15. The summed E-state index contributed by atoms with van der Waals surface area (Å²) in [4.78, 5) is 22.1. The fourth-order valence-corrected chi connectivity index (χ4v) is 2.24. The molecule has 1 amide bonds. The van der Waals surface area contributed by atoms with Gasteiger partial charge in [0.05, 0.1) is 30.4 Å². The number of halogens is 1. The van der Waals surface area contributed by atoms with Crippen LogP contribution in [0, 0.1) is 0 Å². The van der Waals surface area contributed by atoms with Gasteiger partial charge in [-0.15, -0.1) is 0 Å². The van der Waals surface area contributed by atoms with Crippen molar-refractivity contribution in [2.24, 2.45) is 5.73 Å². The summed E-state index contributed by atoms with van der Waals surface area (Å²) < 4.78 is 5.41. The lowest BCUT2D eigenvalue weighted by molar-refractivity contribution is -0.122. The van der Waals surface area contributed by atoms with E-state index in [1.807, 2.05) is 6.92 Å². The van der Waals surface area contributed by atoms with Crippen LogP contribution in [0.15, 0.2) is 6.07 Å². The molecule has 0 spiro atoms. The summed E-state index contributed by atoms with van der Waals surface area (Å²) in [6.07, 6.45) is 0. The summed E-state index contributed by atoms with van der Waals surface area (Å²) in [5, 5.41) is 0.116. The average Bonchev–Trinajstić information content (AvgIpc) is 2.38. The highest BCUT2D eigenvalue weighted by Crippen LogP contribution is 2.27. The van der Waals surface area contributed by atoms with Crippen LogP contribution >= 0.6 is 11.6 Å². The van der Waals surface area contributed by atoms with Crippen molar-refractivity contribution in [1.82, 2.24) is 9.97 Å². The number of rotatable bonds is 3. The van der Waals surface area contributed by atoms with Crippen molar-refractivity contribution in [1.29, 1.82) is 0 Å². The minimum atomic E-state index is -0.892. The van der Waals surface area contributed by atoms with Crippen molar-refractivity contribution >= 4 is 23.3 Å². The summed E-state index contributed by atoms with van der Waals surface area (Å²) in [6.45, 7) is 7.50. The van der Waals surface area contributed by atoms with Gasteiger partial charge in [0.25, 0.3) is 0 Å². The highest BCUT2D eigenvalue weighted by atomic mass is 35.5. The number of morpholine rings is 1. The first-order valence-electron chi connectivity index (χ1n) is 6.51. The Bertz CT molecular complexity index is 521. The number of carbonyl (C=O) groups excluding carboxylic acids is 1.